The molecule has 0 saturated heterocycles. The van der Waals surface area contributed by atoms with Crippen LogP contribution >= 0.6 is 34.8 Å². The van der Waals surface area contributed by atoms with E-state index in [-0.39, 0.29) is 10.0 Å². The maximum atomic E-state index is 10.7. The van der Waals surface area contributed by atoms with E-state index >= 15 is 0 Å². The molecule has 1 aromatic rings. The topological polar surface area (TPSA) is 37.3 Å². The van der Waals surface area contributed by atoms with Gasteiger partial charge in [0.15, 0.2) is 0 Å². The molecule has 1 atom stereocenters. The highest BCUT2D eigenvalue weighted by Crippen LogP contribution is 2.35. The zero-order valence-electron chi connectivity index (χ0n) is 7.22. The number of carbonyl (C=O) groups is 1. The first-order valence-corrected chi connectivity index (χ1v) is 4.94. The molecule has 1 aromatic carbocycles. The number of rotatable bonds is 2. The van der Waals surface area contributed by atoms with Gasteiger partial charge in [-0.05, 0) is 18.6 Å². The van der Waals surface area contributed by atoms with Gasteiger partial charge in [0.1, 0.15) is 0 Å². The third kappa shape index (κ3) is 2.14. The number of hydrogen-bond donors (Lipinski definition) is 1. The van der Waals surface area contributed by atoms with Crippen molar-refractivity contribution >= 4 is 40.8 Å². The van der Waals surface area contributed by atoms with Crippen molar-refractivity contribution in [3.8, 4) is 0 Å². The van der Waals surface area contributed by atoms with Gasteiger partial charge in [0, 0.05) is 0 Å². The van der Waals surface area contributed by atoms with Crippen LogP contribution in [0, 0.1) is 0 Å². The number of carboxylic acids is 1. The molecule has 0 amide bonds. The standard InChI is InChI=1S/C9H7Cl3O2/c1-4(9(13)14)5-2-3-6(10)8(12)7(5)11/h2-4H,1H3,(H,13,14). The Morgan fingerprint density at radius 2 is 1.86 bits per heavy atom. The Labute approximate surface area is 96.4 Å². The largest absolute Gasteiger partial charge is 0.481 e. The molecule has 0 aromatic heterocycles. The van der Waals surface area contributed by atoms with Crippen LogP contribution in [0.15, 0.2) is 12.1 Å². The molecule has 0 radical (unpaired) electrons. The summed E-state index contributed by atoms with van der Waals surface area (Å²) < 4.78 is 0. The normalized spacial score (nSPS) is 12.6. The number of halogens is 3. The fourth-order valence-corrected chi connectivity index (χ4v) is 1.71. The van der Waals surface area contributed by atoms with Gasteiger partial charge in [-0.1, -0.05) is 40.9 Å². The highest BCUT2D eigenvalue weighted by atomic mass is 35.5. The van der Waals surface area contributed by atoms with E-state index < -0.39 is 11.9 Å². The first-order chi connectivity index (χ1) is 6.45. The second-order valence-corrected chi connectivity index (χ2v) is 3.99. The fourth-order valence-electron chi connectivity index (χ4n) is 1.01. The average Bonchev–Trinajstić information content (AvgIpc) is 2.13. The van der Waals surface area contributed by atoms with Crippen LogP contribution in [0.3, 0.4) is 0 Å². The molecular formula is C9H7Cl3O2. The first-order valence-electron chi connectivity index (χ1n) is 3.81. The Kier molecular flexibility index (Phi) is 3.65. The third-order valence-electron chi connectivity index (χ3n) is 1.90. The van der Waals surface area contributed by atoms with Crippen molar-refractivity contribution in [2.24, 2.45) is 0 Å². The molecule has 0 fully saturated rings. The Balaban J connectivity index is 3.24. The lowest BCUT2D eigenvalue weighted by atomic mass is 10.0. The predicted octanol–water partition coefficient (Wildman–Crippen LogP) is 3.83. The summed E-state index contributed by atoms with van der Waals surface area (Å²) in [6, 6.07) is 3.10. The van der Waals surface area contributed by atoms with E-state index in [0.717, 1.165) is 0 Å². The lowest BCUT2D eigenvalue weighted by Gasteiger charge is -2.10. The summed E-state index contributed by atoms with van der Waals surface area (Å²) in [6.45, 7) is 1.54. The molecule has 2 nitrogen and oxygen atoms in total. The Hall–Kier alpha value is -0.440. The smallest absolute Gasteiger partial charge is 0.310 e. The molecular weight excluding hydrogens is 246 g/mol. The molecule has 14 heavy (non-hydrogen) atoms. The van der Waals surface area contributed by atoms with Gasteiger partial charge < -0.3 is 5.11 Å². The Morgan fingerprint density at radius 3 is 2.36 bits per heavy atom. The molecule has 0 heterocycles. The lowest BCUT2D eigenvalue weighted by molar-refractivity contribution is -0.138. The highest BCUT2D eigenvalue weighted by Gasteiger charge is 2.19. The van der Waals surface area contributed by atoms with E-state index in [2.05, 4.69) is 0 Å². The molecule has 76 valence electrons. The van der Waals surface area contributed by atoms with Gasteiger partial charge in [0.25, 0.3) is 0 Å². The Bertz CT molecular complexity index is 377. The van der Waals surface area contributed by atoms with E-state index in [1.54, 1.807) is 6.07 Å². The summed E-state index contributed by atoms with van der Waals surface area (Å²) in [5.41, 5.74) is 0.466. The van der Waals surface area contributed by atoms with Crippen molar-refractivity contribution in [3.05, 3.63) is 32.8 Å². The number of aliphatic carboxylic acids is 1. The summed E-state index contributed by atoms with van der Waals surface area (Å²) in [5.74, 6) is -1.65. The maximum absolute atomic E-state index is 10.7. The van der Waals surface area contributed by atoms with E-state index in [1.165, 1.54) is 13.0 Å². The molecule has 0 spiro atoms. The van der Waals surface area contributed by atoms with Crippen molar-refractivity contribution in [3.63, 3.8) is 0 Å². The molecule has 5 heteroatoms. The molecule has 0 aliphatic heterocycles. The second-order valence-electron chi connectivity index (χ2n) is 2.82. The number of carboxylic acid groups (broad SMARTS) is 1. The van der Waals surface area contributed by atoms with Gasteiger partial charge in [-0.3, -0.25) is 4.79 Å². The summed E-state index contributed by atoms with van der Waals surface area (Å²) in [5, 5.41) is 9.50. The van der Waals surface area contributed by atoms with Crippen LogP contribution in [-0.2, 0) is 4.79 Å². The van der Waals surface area contributed by atoms with Crippen LogP contribution < -0.4 is 0 Å². The van der Waals surface area contributed by atoms with Gasteiger partial charge in [0.2, 0.25) is 0 Å². The molecule has 1 N–H and O–H groups in total. The molecule has 0 saturated carbocycles. The van der Waals surface area contributed by atoms with E-state index in [4.69, 9.17) is 39.9 Å². The number of benzene rings is 1. The molecule has 0 aliphatic carbocycles. The zero-order chi connectivity index (χ0) is 10.9. The first kappa shape index (κ1) is 11.6. The SMILES string of the molecule is CC(C(=O)O)c1ccc(Cl)c(Cl)c1Cl. The van der Waals surface area contributed by atoms with Gasteiger partial charge in [0.05, 0.1) is 21.0 Å². The van der Waals surface area contributed by atoms with Gasteiger partial charge >= 0.3 is 5.97 Å². The van der Waals surface area contributed by atoms with Crippen molar-refractivity contribution in [2.45, 2.75) is 12.8 Å². The second kappa shape index (κ2) is 4.39. The third-order valence-corrected chi connectivity index (χ3v) is 3.21. The van der Waals surface area contributed by atoms with Crippen LogP contribution in [-0.4, -0.2) is 11.1 Å². The van der Waals surface area contributed by atoms with Crippen LogP contribution in [0.25, 0.3) is 0 Å². The van der Waals surface area contributed by atoms with Crippen molar-refractivity contribution in [1.29, 1.82) is 0 Å². The number of hydrogen-bond acceptors (Lipinski definition) is 1. The fraction of sp³-hybridized carbons (Fsp3) is 0.222. The molecule has 0 bridgehead atoms. The summed E-state index contributed by atoms with van der Waals surface area (Å²) >= 11 is 17.3. The summed E-state index contributed by atoms with van der Waals surface area (Å²) in [7, 11) is 0. The van der Waals surface area contributed by atoms with Crippen molar-refractivity contribution < 1.29 is 9.90 Å². The zero-order valence-corrected chi connectivity index (χ0v) is 9.49. The van der Waals surface area contributed by atoms with Gasteiger partial charge in [-0.15, -0.1) is 0 Å². The highest BCUT2D eigenvalue weighted by molar-refractivity contribution is 6.48. The minimum absolute atomic E-state index is 0.193. The quantitative estimate of drug-likeness (QED) is 0.813. The van der Waals surface area contributed by atoms with Crippen molar-refractivity contribution in [1.82, 2.24) is 0 Å². The van der Waals surface area contributed by atoms with Crippen LogP contribution in [0.4, 0.5) is 0 Å². The molecule has 1 unspecified atom stereocenters. The lowest BCUT2D eigenvalue weighted by Crippen LogP contribution is -2.08. The predicted molar refractivity (Wildman–Crippen MR) is 57.5 cm³/mol. The van der Waals surface area contributed by atoms with Crippen LogP contribution in [0.5, 0.6) is 0 Å². The van der Waals surface area contributed by atoms with Gasteiger partial charge in [-0.2, -0.15) is 0 Å². The van der Waals surface area contributed by atoms with E-state index in [9.17, 15) is 4.79 Å². The van der Waals surface area contributed by atoms with Crippen LogP contribution in [0.1, 0.15) is 18.4 Å². The maximum Gasteiger partial charge on any atom is 0.310 e. The van der Waals surface area contributed by atoms with Crippen molar-refractivity contribution in [2.75, 3.05) is 0 Å². The minimum atomic E-state index is -0.953. The average molecular weight is 254 g/mol. The molecule has 1 rings (SSSR count). The van der Waals surface area contributed by atoms with E-state index in [0.29, 0.717) is 10.6 Å². The Morgan fingerprint density at radius 1 is 1.29 bits per heavy atom. The van der Waals surface area contributed by atoms with Crippen LogP contribution in [0.2, 0.25) is 15.1 Å². The minimum Gasteiger partial charge on any atom is -0.481 e. The molecule has 0 aliphatic rings. The monoisotopic (exact) mass is 252 g/mol. The van der Waals surface area contributed by atoms with Gasteiger partial charge in [-0.25, -0.2) is 0 Å². The van der Waals surface area contributed by atoms with E-state index in [1.807, 2.05) is 0 Å². The summed E-state index contributed by atoms with van der Waals surface area (Å²) in [6.07, 6.45) is 0. The summed E-state index contributed by atoms with van der Waals surface area (Å²) in [4.78, 5) is 10.7.